The number of imide groups is 1. The third-order valence-electron chi connectivity index (χ3n) is 7.58. The summed E-state index contributed by atoms with van der Waals surface area (Å²) >= 11 is 0. The molecule has 3 aromatic rings. The number of para-hydroxylation sites is 1. The molecule has 0 aliphatic carbocycles. The zero-order valence-electron chi connectivity index (χ0n) is 23.6. The number of nitrogens with two attached hydrogens (primary N) is 2. The second kappa shape index (κ2) is 13.7. The molecule has 0 bridgehead atoms. The smallest absolute Gasteiger partial charge is 0.329 e. The van der Waals surface area contributed by atoms with Gasteiger partial charge in [0.1, 0.15) is 6.04 Å². The zero-order valence-corrected chi connectivity index (χ0v) is 23.6. The van der Waals surface area contributed by atoms with Crippen LogP contribution in [0.15, 0.2) is 47.3 Å². The predicted octanol–water partition coefficient (Wildman–Crippen LogP) is 1.97. The molecule has 1 aromatic heterocycles. The van der Waals surface area contributed by atoms with E-state index < -0.39 is 11.9 Å². The molecular weight excluding hydrogens is 526 g/mol. The number of hydrogen-bond donors (Lipinski definition) is 3. The molecule has 2 heterocycles. The average molecular weight is 566 g/mol. The van der Waals surface area contributed by atoms with Gasteiger partial charge in [-0.3, -0.25) is 28.8 Å². The van der Waals surface area contributed by atoms with Crippen molar-refractivity contribution in [2.45, 2.75) is 76.9 Å². The number of hydrogen-bond acceptors (Lipinski definition) is 7. The zero-order chi connectivity index (χ0) is 29.5. The maximum Gasteiger partial charge on any atom is 0.329 e. The minimum atomic E-state index is -0.715. The molecule has 2 aromatic carbocycles. The molecule has 11 heteroatoms. The molecule has 1 aliphatic heterocycles. The van der Waals surface area contributed by atoms with Crippen molar-refractivity contribution in [1.82, 2.24) is 14.5 Å². The Hall–Kier alpha value is -3.80. The van der Waals surface area contributed by atoms with Crippen molar-refractivity contribution in [3.63, 3.8) is 0 Å². The third kappa shape index (κ3) is 7.49. The van der Waals surface area contributed by atoms with Gasteiger partial charge in [0, 0.05) is 38.1 Å². The van der Waals surface area contributed by atoms with Gasteiger partial charge in [0.2, 0.25) is 17.7 Å². The van der Waals surface area contributed by atoms with Gasteiger partial charge in [0.15, 0.2) is 0 Å². The average Bonchev–Trinajstić information content (AvgIpc) is 3.20. The number of carbonyl (C=O) groups is 3. The molecule has 11 nitrogen and oxygen atoms in total. The van der Waals surface area contributed by atoms with Gasteiger partial charge in [-0.25, -0.2) is 4.79 Å². The Kier molecular flexibility index (Phi) is 10.1. The number of aryl methyl sites for hydroxylation is 2. The highest BCUT2D eigenvalue weighted by Crippen LogP contribution is 2.25. The Bertz CT molecular complexity index is 1440. The quantitative estimate of drug-likeness (QED) is 0.199. The van der Waals surface area contributed by atoms with Crippen LogP contribution in [0.1, 0.15) is 61.8 Å². The monoisotopic (exact) mass is 565 g/mol. The maximum absolute atomic E-state index is 13.1. The normalized spacial score (nSPS) is 17.0. The van der Waals surface area contributed by atoms with Gasteiger partial charge in [-0.1, -0.05) is 36.4 Å². The number of primary amides is 1. The van der Waals surface area contributed by atoms with Crippen molar-refractivity contribution in [1.29, 1.82) is 0 Å². The summed E-state index contributed by atoms with van der Waals surface area (Å²) in [4.78, 5) is 48.0. The number of rotatable bonds is 14. The van der Waals surface area contributed by atoms with E-state index in [0.29, 0.717) is 38.2 Å². The largest absolute Gasteiger partial charge is 0.377 e. The van der Waals surface area contributed by atoms with Crippen LogP contribution in [0.4, 0.5) is 0 Å². The van der Waals surface area contributed by atoms with Crippen molar-refractivity contribution in [2.75, 3.05) is 6.61 Å². The molecule has 41 heavy (non-hydrogen) atoms. The molecular formula is C30H39N5O6. The number of piperidine rings is 1. The number of carbonyl (C=O) groups excluding carboxylic acids is 3. The highest BCUT2D eigenvalue weighted by molar-refractivity contribution is 6.00. The molecule has 0 spiro atoms. The van der Waals surface area contributed by atoms with Crippen LogP contribution < -0.4 is 22.5 Å². The Balaban J connectivity index is 1.26. The number of ether oxygens (including phenoxy) is 2. The van der Waals surface area contributed by atoms with Crippen LogP contribution in [0, 0.1) is 0 Å². The number of nitrogens with zero attached hydrogens (tertiary/aromatic N) is 2. The van der Waals surface area contributed by atoms with Gasteiger partial charge >= 0.3 is 5.69 Å². The fraction of sp³-hybridized carbons (Fsp3) is 0.467. The first-order valence-electron chi connectivity index (χ1n) is 14.0. The van der Waals surface area contributed by atoms with Crippen molar-refractivity contribution in [3.05, 3.63) is 69.6 Å². The summed E-state index contributed by atoms with van der Waals surface area (Å²) in [5.74, 6) is -1.13. The molecule has 4 rings (SSSR count). The topological polar surface area (TPSA) is 161 Å². The van der Waals surface area contributed by atoms with E-state index in [2.05, 4.69) is 17.4 Å². The number of aromatic nitrogens is 2. The lowest BCUT2D eigenvalue weighted by atomic mass is 10.1. The van der Waals surface area contributed by atoms with Crippen LogP contribution in [-0.4, -0.2) is 45.6 Å². The SMILES string of the molecule is C[C@@H](OCc1ccc(CCCOCc2cccc3c2n(C)c(=O)n3C2CCC(=O)NC2=O)cc1)[C@@H](N)CCC(N)=O. The second-order valence-electron chi connectivity index (χ2n) is 10.6. The summed E-state index contributed by atoms with van der Waals surface area (Å²) in [6.45, 7) is 3.21. The fourth-order valence-electron chi connectivity index (χ4n) is 5.12. The lowest BCUT2D eigenvalue weighted by Crippen LogP contribution is -2.44. The summed E-state index contributed by atoms with van der Waals surface area (Å²) in [5.41, 5.74) is 15.4. The summed E-state index contributed by atoms with van der Waals surface area (Å²) in [7, 11) is 1.68. The molecule has 0 radical (unpaired) electrons. The number of amides is 3. The molecule has 5 N–H and O–H groups in total. The van der Waals surface area contributed by atoms with Crippen LogP contribution in [0.3, 0.4) is 0 Å². The summed E-state index contributed by atoms with van der Waals surface area (Å²) < 4.78 is 14.8. The van der Waals surface area contributed by atoms with Crippen LogP contribution in [0.2, 0.25) is 0 Å². The Morgan fingerprint density at radius 1 is 1.10 bits per heavy atom. The molecule has 3 amide bonds. The Morgan fingerprint density at radius 3 is 2.54 bits per heavy atom. The van der Waals surface area contributed by atoms with E-state index >= 15 is 0 Å². The van der Waals surface area contributed by atoms with Gasteiger partial charge in [0.25, 0.3) is 0 Å². The van der Waals surface area contributed by atoms with Gasteiger partial charge in [-0.2, -0.15) is 0 Å². The first-order chi connectivity index (χ1) is 19.7. The molecule has 1 saturated heterocycles. The van der Waals surface area contributed by atoms with E-state index in [1.807, 2.05) is 37.3 Å². The Labute approximate surface area is 238 Å². The first-order valence-corrected chi connectivity index (χ1v) is 14.0. The number of nitrogens with one attached hydrogen (secondary N) is 1. The molecule has 1 fully saturated rings. The first kappa shape index (κ1) is 30.2. The molecule has 1 unspecified atom stereocenters. The lowest BCUT2D eigenvalue weighted by molar-refractivity contribution is -0.135. The van der Waals surface area contributed by atoms with Gasteiger partial charge in [-0.05, 0) is 49.8 Å². The minimum Gasteiger partial charge on any atom is -0.377 e. The number of benzene rings is 2. The summed E-state index contributed by atoms with van der Waals surface area (Å²) in [6.07, 6.45) is 2.74. The third-order valence-corrected chi connectivity index (χ3v) is 7.58. The number of fused-ring (bicyclic) bond motifs is 1. The highest BCUT2D eigenvalue weighted by atomic mass is 16.5. The molecule has 220 valence electrons. The van der Waals surface area contributed by atoms with Crippen LogP contribution in [0.25, 0.3) is 11.0 Å². The van der Waals surface area contributed by atoms with E-state index in [-0.39, 0.29) is 42.5 Å². The fourth-order valence-corrected chi connectivity index (χ4v) is 5.12. The van der Waals surface area contributed by atoms with E-state index in [9.17, 15) is 19.2 Å². The van der Waals surface area contributed by atoms with Crippen LogP contribution in [0.5, 0.6) is 0 Å². The summed E-state index contributed by atoms with van der Waals surface area (Å²) in [5, 5.41) is 2.34. The predicted molar refractivity (Wildman–Crippen MR) is 154 cm³/mol. The lowest BCUT2D eigenvalue weighted by Gasteiger charge is -2.21. The van der Waals surface area contributed by atoms with Crippen LogP contribution >= 0.6 is 0 Å². The van der Waals surface area contributed by atoms with E-state index in [4.69, 9.17) is 20.9 Å². The van der Waals surface area contributed by atoms with E-state index in [0.717, 1.165) is 29.5 Å². The Morgan fingerprint density at radius 2 is 1.83 bits per heavy atom. The van der Waals surface area contributed by atoms with Gasteiger partial charge in [0.05, 0.1) is 30.4 Å². The van der Waals surface area contributed by atoms with Crippen LogP contribution in [-0.2, 0) is 50.5 Å². The van der Waals surface area contributed by atoms with Crippen molar-refractivity contribution >= 4 is 28.8 Å². The second-order valence-corrected chi connectivity index (χ2v) is 10.6. The van der Waals surface area contributed by atoms with E-state index in [1.165, 1.54) is 10.1 Å². The van der Waals surface area contributed by atoms with Gasteiger partial charge in [-0.15, -0.1) is 0 Å². The van der Waals surface area contributed by atoms with Crippen molar-refractivity contribution in [3.8, 4) is 0 Å². The van der Waals surface area contributed by atoms with Gasteiger partial charge < -0.3 is 20.9 Å². The standard InChI is InChI=1S/C30H39N5O6/c1-19(23(31)12-14-26(32)36)41-17-21-10-8-20(9-11-21)5-4-16-40-18-22-6-3-7-24-28(22)34(2)30(39)35(24)25-13-15-27(37)33-29(25)38/h3,6-11,19,23,25H,4-5,12-18,31H2,1-2H3,(H2,32,36)(H,33,37,38)/t19-,23+,25?/m1/s1. The van der Waals surface area contributed by atoms with E-state index in [1.54, 1.807) is 11.6 Å². The minimum absolute atomic E-state index is 0.185. The maximum atomic E-state index is 13.1. The molecule has 0 saturated carbocycles. The van der Waals surface area contributed by atoms with Crippen molar-refractivity contribution in [2.24, 2.45) is 18.5 Å². The number of imidazole rings is 1. The van der Waals surface area contributed by atoms with Crippen molar-refractivity contribution < 1.29 is 23.9 Å². The summed E-state index contributed by atoms with van der Waals surface area (Å²) in [6, 6.07) is 12.8. The molecule has 3 atom stereocenters. The highest BCUT2D eigenvalue weighted by Gasteiger charge is 2.31. The molecule has 1 aliphatic rings.